The van der Waals surface area contributed by atoms with Crippen LogP contribution in [0.25, 0.3) is 0 Å². The number of nitrogens with zero attached hydrogens (tertiary/aromatic N) is 1. The molecule has 4 rings (SSSR count). The number of hydrogen-bond donors (Lipinski definition) is 3. The number of rotatable bonds is 8. The fourth-order valence-electron chi connectivity index (χ4n) is 4.14. The highest BCUT2D eigenvalue weighted by Crippen LogP contribution is 2.35. The number of amides is 1. The average Bonchev–Trinajstić information content (AvgIpc) is 3.17. The summed E-state index contributed by atoms with van der Waals surface area (Å²) >= 11 is 0. The number of anilines is 1. The first-order valence-electron chi connectivity index (χ1n) is 10.7. The second kappa shape index (κ2) is 9.80. The van der Waals surface area contributed by atoms with Crippen molar-refractivity contribution in [1.82, 2.24) is 5.32 Å². The van der Waals surface area contributed by atoms with E-state index in [2.05, 4.69) is 10.6 Å². The number of ether oxygens (including phenoxy) is 2. The van der Waals surface area contributed by atoms with Gasteiger partial charge in [0.25, 0.3) is 11.6 Å². The average molecular weight is 463 g/mol. The molecular formula is C25H25N3O6. The van der Waals surface area contributed by atoms with E-state index in [1.807, 2.05) is 24.3 Å². The lowest BCUT2D eigenvalue weighted by atomic mass is 10.1. The molecule has 176 valence electrons. The quantitative estimate of drug-likeness (QED) is 0.344. The van der Waals surface area contributed by atoms with Crippen molar-refractivity contribution in [3.8, 4) is 11.5 Å². The third kappa shape index (κ3) is 4.65. The van der Waals surface area contributed by atoms with E-state index in [-0.39, 0.29) is 17.8 Å². The molecule has 0 fully saturated rings. The highest BCUT2D eigenvalue weighted by molar-refractivity contribution is 6.00. The lowest BCUT2D eigenvalue weighted by molar-refractivity contribution is -0.384. The first-order valence-corrected chi connectivity index (χ1v) is 10.7. The van der Waals surface area contributed by atoms with Gasteiger partial charge in [0.05, 0.1) is 36.9 Å². The summed E-state index contributed by atoms with van der Waals surface area (Å²) in [6.45, 7) is 0.177. The van der Waals surface area contributed by atoms with Gasteiger partial charge in [-0.2, -0.15) is 0 Å². The Bertz CT molecular complexity index is 1230. The first kappa shape index (κ1) is 23.1. The molecule has 0 bridgehead atoms. The van der Waals surface area contributed by atoms with E-state index >= 15 is 0 Å². The summed E-state index contributed by atoms with van der Waals surface area (Å²) in [4.78, 5) is 23.9. The number of nitrogens with one attached hydrogen (secondary N) is 2. The molecule has 1 amide bonds. The number of hydrogen-bond acceptors (Lipinski definition) is 7. The summed E-state index contributed by atoms with van der Waals surface area (Å²) in [6.07, 6.45) is -0.197. The molecule has 0 heterocycles. The Morgan fingerprint density at radius 3 is 2.59 bits per heavy atom. The van der Waals surface area contributed by atoms with Crippen LogP contribution in [-0.4, -0.2) is 36.3 Å². The fraction of sp³-hybridized carbons (Fsp3) is 0.240. The standard InChI is InChI=1S/C25H25N3O6/c1-33-22-10-7-15(11-23(22)34-2)14-26-25(30)19-13-17(28(31)32)8-9-20(19)27-24-18-6-4-3-5-16(18)12-21(24)29/h3-11,13,21,24,27,29H,12,14H2,1-2H3,(H,26,30)/t21-,24+/m0/s1. The van der Waals surface area contributed by atoms with E-state index in [0.717, 1.165) is 16.7 Å². The van der Waals surface area contributed by atoms with Crippen LogP contribution >= 0.6 is 0 Å². The molecule has 3 aromatic carbocycles. The number of nitro benzene ring substituents is 1. The molecule has 9 heteroatoms. The highest BCUT2D eigenvalue weighted by Gasteiger charge is 2.31. The van der Waals surface area contributed by atoms with Gasteiger partial charge in [0.1, 0.15) is 0 Å². The fourth-order valence-corrected chi connectivity index (χ4v) is 4.14. The molecule has 1 aliphatic rings. The Labute approximate surface area is 196 Å². The number of aliphatic hydroxyl groups excluding tert-OH is 1. The number of carbonyl (C=O) groups is 1. The van der Waals surface area contributed by atoms with Crippen molar-refractivity contribution < 1.29 is 24.3 Å². The zero-order chi connectivity index (χ0) is 24.2. The molecule has 34 heavy (non-hydrogen) atoms. The molecule has 0 aromatic heterocycles. The largest absolute Gasteiger partial charge is 0.493 e. The van der Waals surface area contributed by atoms with Crippen molar-refractivity contribution in [2.45, 2.75) is 25.1 Å². The monoisotopic (exact) mass is 463 g/mol. The van der Waals surface area contributed by atoms with Gasteiger partial charge in [0.2, 0.25) is 0 Å². The van der Waals surface area contributed by atoms with E-state index in [1.165, 1.54) is 32.4 Å². The smallest absolute Gasteiger partial charge is 0.270 e. The van der Waals surface area contributed by atoms with Gasteiger partial charge in [-0.15, -0.1) is 0 Å². The van der Waals surface area contributed by atoms with Crippen LogP contribution in [-0.2, 0) is 13.0 Å². The number of nitro groups is 1. The number of methoxy groups -OCH3 is 2. The van der Waals surface area contributed by atoms with Crippen molar-refractivity contribution in [2.24, 2.45) is 0 Å². The Kier molecular flexibility index (Phi) is 6.65. The van der Waals surface area contributed by atoms with Crippen LogP contribution in [0.3, 0.4) is 0 Å². The molecule has 0 radical (unpaired) electrons. The molecule has 9 nitrogen and oxygen atoms in total. The Hall–Kier alpha value is -4.11. The van der Waals surface area contributed by atoms with Crippen LogP contribution in [0.2, 0.25) is 0 Å². The number of non-ortho nitro benzene ring substituents is 1. The molecule has 0 spiro atoms. The number of carbonyl (C=O) groups excluding carboxylic acids is 1. The van der Waals surface area contributed by atoms with Gasteiger partial charge in [0, 0.05) is 30.8 Å². The molecule has 2 atom stereocenters. The summed E-state index contributed by atoms with van der Waals surface area (Å²) in [5.41, 5.74) is 3.04. The molecular weight excluding hydrogens is 438 g/mol. The van der Waals surface area contributed by atoms with Gasteiger partial charge in [-0.25, -0.2) is 0 Å². The number of fused-ring (bicyclic) bond motifs is 1. The number of aliphatic hydroxyl groups is 1. The van der Waals surface area contributed by atoms with Crippen molar-refractivity contribution in [2.75, 3.05) is 19.5 Å². The van der Waals surface area contributed by atoms with Gasteiger partial charge < -0.3 is 25.2 Å². The molecule has 0 unspecified atom stereocenters. The van der Waals surface area contributed by atoms with Crippen LogP contribution < -0.4 is 20.1 Å². The third-order valence-corrected chi connectivity index (χ3v) is 5.87. The second-order valence-electron chi connectivity index (χ2n) is 7.95. The van der Waals surface area contributed by atoms with E-state index in [0.29, 0.717) is 23.6 Å². The van der Waals surface area contributed by atoms with E-state index in [4.69, 9.17) is 9.47 Å². The minimum absolute atomic E-state index is 0.117. The summed E-state index contributed by atoms with van der Waals surface area (Å²) in [5.74, 6) is 0.612. The maximum absolute atomic E-state index is 13.1. The summed E-state index contributed by atoms with van der Waals surface area (Å²) in [5, 5.41) is 28.0. The minimum Gasteiger partial charge on any atom is -0.493 e. The van der Waals surface area contributed by atoms with Crippen LogP contribution in [0.5, 0.6) is 11.5 Å². The minimum atomic E-state index is -0.685. The second-order valence-corrected chi connectivity index (χ2v) is 7.95. The van der Waals surface area contributed by atoms with Gasteiger partial charge in [0.15, 0.2) is 11.5 Å². The molecule has 3 N–H and O–H groups in total. The molecule has 0 saturated heterocycles. The van der Waals surface area contributed by atoms with Crippen LogP contribution in [0.15, 0.2) is 60.7 Å². The van der Waals surface area contributed by atoms with Crippen LogP contribution in [0, 0.1) is 10.1 Å². The Morgan fingerprint density at radius 1 is 1.09 bits per heavy atom. The van der Waals surface area contributed by atoms with Crippen LogP contribution in [0.1, 0.15) is 33.1 Å². The Balaban J connectivity index is 1.58. The van der Waals surface area contributed by atoms with Crippen molar-refractivity contribution >= 4 is 17.3 Å². The molecule has 3 aromatic rings. The third-order valence-electron chi connectivity index (χ3n) is 5.87. The predicted molar refractivity (Wildman–Crippen MR) is 126 cm³/mol. The number of benzene rings is 3. The topological polar surface area (TPSA) is 123 Å². The Morgan fingerprint density at radius 2 is 1.85 bits per heavy atom. The van der Waals surface area contributed by atoms with Gasteiger partial charge in [-0.1, -0.05) is 30.3 Å². The lowest BCUT2D eigenvalue weighted by Gasteiger charge is -2.21. The van der Waals surface area contributed by atoms with Crippen molar-refractivity contribution in [1.29, 1.82) is 0 Å². The maximum Gasteiger partial charge on any atom is 0.270 e. The molecule has 0 saturated carbocycles. The van der Waals surface area contributed by atoms with E-state index in [9.17, 15) is 20.0 Å². The lowest BCUT2D eigenvalue weighted by Crippen LogP contribution is -2.26. The summed E-state index contributed by atoms with van der Waals surface area (Å²) < 4.78 is 10.5. The van der Waals surface area contributed by atoms with E-state index in [1.54, 1.807) is 18.2 Å². The zero-order valence-corrected chi connectivity index (χ0v) is 18.8. The summed E-state index contributed by atoms with van der Waals surface area (Å²) in [6, 6.07) is 16.6. The molecule has 0 aliphatic heterocycles. The predicted octanol–water partition coefficient (Wildman–Crippen LogP) is 3.61. The highest BCUT2D eigenvalue weighted by atomic mass is 16.6. The van der Waals surface area contributed by atoms with Crippen molar-refractivity contribution in [3.05, 3.63) is 93.0 Å². The normalized spacial score (nSPS) is 16.4. The maximum atomic E-state index is 13.1. The summed E-state index contributed by atoms with van der Waals surface area (Å²) in [7, 11) is 3.06. The van der Waals surface area contributed by atoms with E-state index < -0.39 is 23.0 Å². The van der Waals surface area contributed by atoms with Gasteiger partial charge in [-0.3, -0.25) is 14.9 Å². The van der Waals surface area contributed by atoms with Gasteiger partial charge >= 0.3 is 0 Å². The zero-order valence-electron chi connectivity index (χ0n) is 18.8. The SMILES string of the molecule is COc1ccc(CNC(=O)c2cc([N+](=O)[O-])ccc2N[C@@H]2c3ccccc3C[C@@H]2O)cc1OC. The van der Waals surface area contributed by atoms with Gasteiger partial charge in [-0.05, 0) is 34.9 Å². The first-order chi connectivity index (χ1) is 16.4. The molecule has 1 aliphatic carbocycles. The van der Waals surface area contributed by atoms with Crippen molar-refractivity contribution in [3.63, 3.8) is 0 Å². The van der Waals surface area contributed by atoms with Crippen LogP contribution in [0.4, 0.5) is 11.4 Å².